The number of nitrogens with two attached hydrogens (primary N) is 1. The predicted molar refractivity (Wildman–Crippen MR) is 79.7 cm³/mol. The molecule has 0 atom stereocenters. The van der Waals surface area contributed by atoms with Crippen LogP contribution in [0.3, 0.4) is 0 Å². The van der Waals surface area contributed by atoms with Crippen molar-refractivity contribution in [3.05, 3.63) is 35.4 Å². The molecule has 4 heteroatoms. The van der Waals surface area contributed by atoms with Crippen LogP contribution in [0, 0.1) is 5.92 Å². The maximum atomic E-state index is 5.42. The summed E-state index contributed by atoms with van der Waals surface area (Å²) in [5, 5.41) is 4.55. The molecule has 1 aromatic rings. The molecule has 18 heavy (non-hydrogen) atoms. The summed E-state index contributed by atoms with van der Waals surface area (Å²) in [7, 11) is 0. The Bertz CT molecular complexity index is 458. The van der Waals surface area contributed by atoms with Crippen LogP contribution in [0.15, 0.2) is 29.4 Å². The highest BCUT2D eigenvalue weighted by molar-refractivity contribution is 7.80. The summed E-state index contributed by atoms with van der Waals surface area (Å²) in [4.78, 5) is 0. The van der Waals surface area contributed by atoms with Crippen molar-refractivity contribution < 1.29 is 0 Å². The second kappa shape index (κ2) is 5.48. The first-order chi connectivity index (χ1) is 8.58. The molecule has 3 N–H and O–H groups in total. The van der Waals surface area contributed by atoms with Crippen LogP contribution >= 0.6 is 12.2 Å². The molecule has 0 saturated heterocycles. The number of hydrazone groups is 1. The van der Waals surface area contributed by atoms with Crippen LogP contribution in [-0.2, 0) is 0 Å². The van der Waals surface area contributed by atoms with Gasteiger partial charge >= 0.3 is 0 Å². The van der Waals surface area contributed by atoms with Crippen LogP contribution in [0.4, 0.5) is 0 Å². The highest BCUT2D eigenvalue weighted by Crippen LogP contribution is 2.33. The third kappa shape index (κ3) is 3.29. The fourth-order valence-electron chi connectivity index (χ4n) is 1.90. The molecule has 2 rings (SSSR count). The molecule has 0 unspecified atom stereocenters. The maximum Gasteiger partial charge on any atom is 0.184 e. The van der Waals surface area contributed by atoms with Crippen molar-refractivity contribution in [1.29, 1.82) is 0 Å². The maximum absolute atomic E-state index is 5.42. The zero-order chi connectivity index (χ0) is 13.1. The summed E-state index contributed by atoms with van der Waals surface area (Å²) in [5.74, 6) is 1.10. The van der Waals surface area contributed by atoms with E-state index in [4.69, 9.17) is 18.0 Å². The van der Waals surface area contributed by atoms with Crippen molar-refractivity contribution in [2.75, 3.05) is 0 Å². The van der Waals surface area contributed by atoms with Gasteiger partial charge < -0.3 is 5.73 Å². The molecular formula is C14H19N3S. The number of nitrogens with zero attached hydrogens (tertiary/aromatic N) is 1. The Labute approximate surface area is 113 Å². The molecule has 1 saturated carbocycles. The van der Waals surface area contributed by atoms with Crippen LogP contribution in [0.2, 0.25) is 0 Å². The van der Waals surface area contributed by atoms with Gasteiger partial charge in [0.25, 0.3) is 0 Å². The van der Waals surface area contributed by atoms with Gasteiger partial charge in [-0.1, -0.05) is 38.1 Å². The van der Waals surface area contributed by atoms with Gasteiger partial charge in [-0.05, 0) is 42.1 Å². The van der Waals surface area contributed by atoms with E-state index < -0.39 is 0 Å². The van der Waals surface area contributed by atoms with E-state index in [1.807, 2.05) is 0 Å². The van der Waals surface area contributed by atoms with Crippen molar-refractivity contribution >= 4 is 23.0 Å². The summed E-state index contributed by atoms with van der Waals surface area (Å²) >= 11 is 4.79. The van der Waals surface area contributed by atoms with Crippen LogP contribution in [0.25, 0.3) is 0 Å². The first kappa shape index (κ1) is 13.0. The lowest BCUT2D eigenvalue weighted by Crippen LogP contribution is -2.26. The van der Waals surface area contributed by atoms with E-state index in [2.05, 4.69) is 48.6 Å². The Morgan fingerprint density at radius 2 is 1.94 bits per heavy atom. The molecule has 1 aromatic carbocycles. The Hall–Kier alpha value is -1.42. The van der Waals surface area contributed by atoms with Gasteiger partial charge in [0.1, 0.15) is 0 Å². The van der Waals surface area contributed by atoms with Crippen molar-refractivity contribution in [3.63, 3.8) is 0 Å². The fraction of sp³-hybridized carbons (Fsp3) is 0.429. The molecule has 0 amide bonds. The molecule has 0 aromatic heterocycles. The Balaban J connectivity index is 2.20. The van der Waals surface area contributed by atoms with E-state index >= 15 is 0 Å². The predicted octanol–water partition coefficient (Wildman–Crippen LogP) is 2.76. The van der Waals surface area contributed by atoms with Gasteiger partial charge in [-0.15, -0.1) is 0 Å². The average Bonchev–Trinajstić information content (AvgIpc) is 3.14. The summed E-state index contributed by atoms with van der Waals surface area (Å²) in [6.07, 6.45) is 2.40. The van der Waals surface area contributed by atoms with Gasteiger partial charge in [-0.2, -0.15) is 5.10 Å². The number of hydrogen-bond acceptors (Lipinski definition) is 2. The van der Waals surface area contributed by atoms with Crippen molar-refractivity contribution in [2.24, 2.45) is 16.8 Å². The quantitative estimate of drug-likeness (QED) is 0.498. The minimum Gasteiger partial charge on any atom is -0.375 e. The van der Waals surface area contributed by atoms with Crippen molar-refractivity contribution in [3.8, 4) is 0 Å². The lowest BCUT2D eigenvalue weighted by molar-refractivity contribution is 0.866. The van der Waals surface area contributed by atoms with Gasteiger partial charge in [-0.3, -0.25) is 5.43 Å². The third-order valence-electron chi connectivity index (χ3n) is 3.12. The van der Waals surface area contributed by atoms with E-state index in [0.717, 1.165) is 11.3 Å². The summed E-state index contributed by atoms with van der Waals surface area (Å²) in [5.41, 5.74) is 11.7. The van der Waals surface area contributed by atoms with Gasteiger partial charge in [0.2, 0.25) is 0 Å². The molecule has 0 heterocycles. The zero-order valence-electron chi connectivity index (χ0n) is 10.8. The molecular weight excluding hydrogens is 242 g/mol. The van der Waals surface area contributed by atoms with Crippen LogP contribution in [0.5, 0.6) is 0 Å². The Kier molecular flexibility index (Phi) is 3.97. The van der Waals surface area contributed by atoms with Crippen molar-refractivity contribution in [1.82, 2.24) is 5.43 Å². The zero-order valence-corrected chi connectivity index (χ0v) is 11.6. The SMILES string of the molecule is CC(C)c1ccc(/C(=N\NC(N)=S)C2CC2)cc1. The van der Waals surface area contributed by atoms with Gasteiger partial charge in [-0.25, -0.2) is 0 Å². The summed E-state index contributed by atoms with van der Waals surface area (Å²) in [6.45, 7) is 4.39. The highest BCUT2D eigenvalue weighted by atomic mass is 32.1. The van der Waals surface area contributed by atoms with E-state index in [0.29, 0.717) is 11.8 Å². The lowest BCUT2D eigenvalue weighted by Gasteiger charge is -2.09. The molecule has 0 aliphatic heterocycles. The topological polar surface area (TPSA) is 50.4 Å². The normalized spacial score (nSPS) is 15.8. The summed E-state index contributed by atoms with van der Waals surface area (Å²) in [6, 6.07) is 8.60. The molecule has 1 fully saturated rings. The van der Waals surface area contributed by atoms with Gasteiger partial charge in [0.05, 0.1) is 5.71 Å². The standard InChI is InChI=1S/C14H19N3S/c1-9(2)10-3-5-11(6-4-10)13(12-7-8-12)16-17-14(15)18/h3-6,9,12H,7-8H2,1-2H3,(H3,15,17,18)/b16-13+. The smallest absolute Gasteiger partial charge is 0.184 e. The van der Waals surface area contributed by atoms with Crippen LogP contribution in [-0.4, -0.2) is 10.8 Å². The van der Waals surface area contributed by atoms with E-state index in [1.54, 1.807) is 0 Å². The molecule has 1 aliphatic rings. The number of rotatable bonds is 4. The fourth-order valence-corrected chi connectivity index (χ4v) is 1.95. The number of thiocarbonyl (C=S) groups is 1. The van der Waals surface area contributed by atoms with Gasteiger partial charge in [0.15, 0.2) is 5.11 Å². The van der Waals surface area contributed by atoms with E-state index in [-0.39, 0.29) is 5.11 Å². The molecule has 0 spiro atoms. The van der Waals surface area contributed by atoms with Crippen LogP contribution in [0.1, 0.15) is 43.7 Å². The van der Waals surface area contributed by atoms with E-state index in [9.17, 15) is 0 Å². The minimum absolute atomic E-state index is 0.215. The monoisotopic (exact) mass is 261 g/mol. The average molecular weight is 261 g/mol. The molecule has 0 bridgehead atoms. The van der Waals surface area contributed by atoms with E-state index in [1.165, 1.54) is 18.4 Å². The molecule has 96 valence electrons. The van der Waals surface area contributed by atoms with Crippen molar-refractivity contribution in [2.45, 2.75) is 32.6 Å². The molecule has 3 nitrogen and oxygen atoms in total. The first-order valence-electron chi connectivity index (χ1n) is 6.31. The number of hydrogen-bond donors (Lipinski definition) is 2. The van der Waals surface area contributed by atoms with Gasteiger partial charge in [0, 0.05) is 5.92 Å². The highest BCUT2D eigenvalue weighted by Gasteiger charge is 2.28. The lowest BCUT2D eigenvalue weighted by atomic mass is 9.99. The first-order valence-corrected chi connectivity index (χ1v) is 6.72. The Morgan fingerprint density at radius 3 is 2.39 bits per heavy atom. The second-order valence-corrected chi connectivity index (χ2v) is 5.46. The Morgan fingerprint density at radius 1 is 1.33 bits per heavy atom. The third-order valence-corrected chi connectivity index (χ3v) is 3.21. The number of nitrogens with one attached hydrogen (secondary N) is 1. The molecule has 0 radical (unpaired) electrons. The summed E-state index contributed by atoms with van der Waals surface area (Å²) < 4.78 is 0. The molecule has 1 aliphatic carbocycles. The number of benzene rings is 1. The largest absolute Gasteiger partial charge is 0.375 e. The second-order valence-electron chi connectivity index (χ2n) is 5.02. The minimum atomic E-state index is 0.215. The van der Waals surface area contributed by atoms with Crippen LogP contribution < -0.4 is 11.2 Å².